The second kappa shape index (κ2) is 14.4. The van der Waals surface area contributed by atoms with Crippen LogP contribution in [0.15, 0.2) is 0 Å². The minimum absolute atomic E-state index is 0.495. The van der Waals surface area contributed by atoms with Gasteiger partial charge in [0, 0.05) is 54.6 Å². The summed E-state index contributed by atoms with van der Waals surface area (Å²) in [6, 6.07) is 0. The van der Waals surface area contributed by atoms with Crippen molar-refractivity contribution in [1.82, 2.24) is 9.13 Å². The molecule has 0 aliphatic heterocycles. The molecule has 0 aromatic carbocycles. The molecular formula is C12H30N2O4Si. The SMILES string of the molecule is COCCN(CCOC)[SiH2]N(CCOC)CCOC. The normalized spacial score (nSPS) is 11.7. The monoisotopic (exact) mass is 294 g/mol. The van der Waals surface area contributed by atoms with Crippen molar-refractivity contribution >= 4 is 9.84 Å². The van der Waals surface area contributed by atoms with E-state index < -0.39 is 9.84 Å². The van der Waals surface area contributed by atoms with Crippen molar-refractivity contribution in [2.24, 2.45) is 0 Å². The standard InChI is InChI=1S/C12H30N2O4Si/c1-15-9-5-13(6-10-16-2)19-14(7-11-17-3)8-12-18-4/h5-12,19H2,1-4H3. The van der Waals surface area contributed by atoms with Crippen LogP contribution >= 0.6 is 0 Å². The highest BCUT2D eigenvalue weighted by Crippen LogP contribution is 1.94. The van der Waals surface area contributed by atoms with Gasteiger partial charge in [0.25, 0.3) is 0 Å². The van der Waals surface area contributed by atoms with Crippen molar-refractivity contribution in [1.29, 1.82) is 0 Å². The van der Waals surface area contributed by atoms with Gasteiger partial charge in [-0.1, -0.05) is 0 Å². The zero-order valence-electron chi connectivity index (χ0n) is 12.9. The molecule has 19 heavy (non-hydrogen) atoms. The highest BCUT2D eigenvalue weighted by Gasteiger charge is 2.12. The van der Waals surface area contributed by atoms with E-state index in [1.807, 2.05) is 0 Å². The zero-order valence-corrected chi connectivity index (χ0v) is 14.3. The molecular weight excluding hydrogens is 264 g/mol. The minimum atomic E-state index is -0.495. The average Bonchev–Trinajstić information content (AvgIpc) is 2.44. The van der Waals surface area contributed by atoms with E-state index in [-0.39, 0.29) is 0 Å². The van der Waals surface area contributed by atoms with Crippen molar-refractivity contribution in [2.45, 2.75) is 0 Å². The van der Waals surface area contributed by atoms with Crippen LogP contribution in [0, 0.1) is 0 Å². The van der Waals surface area contributed by atoms with Crippen LogP contribution in [0.1, 0.15) is 0 Å². The van der Waals surface area contributed by atoms with Gasteiger partial charge in [-0.15, -0.1) is 0 Å². The van der Waals surface area contributed by atoms with Crippen LogP contribution in [0.25, 0.3) is 0 Å². The summed E-state index contributed by atoms with van der Waals surface area (Å²) in [5.74, 6) is 0. The van der Waals surface area contributed by atoms with Crippen molar-refractivity contribution in [2.75, 3.05) is 81.0 Å². The molecule has 0 atom stereocenters. The Balaban J connectivity index is 4.16. The fourth-order valence-corrected chi connectivity index (χ4v) is 3.32. The predicted octanol–water partition coefficient (Wildman–Crippen LogP) is -0.825. The predicted molar refractivity (Wildman–Crippen MR) is 79.2 cm³/mol. The first kappa shape index (κ1) is 19.0. The molecule has 0 aromatic rings. The number of hydrogen-bond donors (Lipinski definition) is 0. The summed E-state index contributed by atoms with van der Waals surface area (Å²) in [7, 11) is 6.46. The lowest BCUT2D eigenvalue weighted by Gasteiger charge is -2.29. The molecule has 0 saturated heterocycles. The summed E-state index contributed by atoms with van der Waals surface area (Å²) in [5.41, 5.74) is 0. The van der Waals surface area contributed by atoms with Crippen LogP contribution in [0.4, 0.5) is 0 Å². The average molecular weight is 294 g/mol. The topological polar surface area (TPSA) is 43.4 Å². The van der Waals surface area contributed by atoms with Crippen LogP contribution in [0.2, 0.25) is 0 Å². The van der Waals surface area contributed by atoms with Gasteiger partial charge in [-0.3, -0.25) is 0 Å². The third-order valence-electron chi connectivity index (χ3n) is 2.85. The molecule has 0 saturated carbocycles. The summed E-state index contributed by atoms with van der Waals surface area (Å²) in [6.45, 7) is 6.90. The lowest BCUT2D eigenvalue weighted by Crippen LogP contribution is -2.46. The lowest BCUT2D eigenvalue weighted by atomic mass is 10.6. The van der Waals surface area contributed by atoms with E-state index in [0.29, 0.717) is 0 Å². The molecule has 0 amide bonds. The van der Waals surface area contributed by atoms with Gasteiger partial charge in [0.2, 0.25) is 0 Å². The largest absolute Gasteiger partial charge is 0.383 e. The molecule has 0 unspecified atom stereocenters. The fourth-order valence-electron chi connectivity index (χ4n) is 1.67. The Labute approximate surface area is 119 Å². The molecule has 0 spiro atoms. The van der Waals surface area contributed by atoms with Crippen molar-refractivity contribution in [3.8, 4) is 0 Å². The third kappa shape index (κ3) is 11.5. The third-order valence-corrected chi connectivity index (χ3v) is 4.91. The highest BCUT2D eigenvalue weighted by molar-refractivity contribution is 6.28. The Morgan fingerprint density at radius 3 is 1.05 bits per heavy atom. The van der Waals surface area contributed by atoms with Gasteiger partial charge in [-0.25, -0.2) is 0 Å². The summed E-state index contributed by atoms with van der Waals surface area (Å²) >= 11 is 0. The second-order valence-corrected chi connectivity index (χ2v) is 6.42. The van der Waals surface area contributed by atoms with E-state index in [9.17, 15) is 0 Å². The van der Waals surface area contributed by atoms with Crippen molar-refractivity contribution in [3.63, 3.8) is 0 Å². The molecule has 0 rings (SSSR count). The Bertz CT molecular complexity index is 155. The first-order valence-electron chi connectivity index (χ1n) is 6.69. The van der Waals surface area contributed by atoms with Gasteiger partial charge in [0.05, 0.1) is 26.4 Å². The smallest absolute Gasteiger partial charge is 0.173 e. The Hall–Kier alpha value is -0.0231. The van der Waals surface area contributed by atoms with Gasteiger partial charge in [-0.2, -0.15) is 0 Å². The molecule has 6 nitrogen and oxygen atoms in total. The first-order valence-corrected chi connectivity index (χ1v) is 7.95. The number of methoxy groups -OCH3 is 4. The maximum absolute atomic E-state index is 5.17. The van der Waals surface area contributed by atoms with Gasteiger partial charge in [0.1, 0.15) is 0 Å². The summed E-state index contributed by atoms with van der Waals surface area (Å²) in [5, 5.41) is 0. The summed E-state index contributed by atoms with van der Waals surface area (Å²) < 4.78 is 25.6. The van der Waals surface area contributed by atoms with Crippen molar-refractivity contribution in [3.05, 3.63) is 0 Å². The Morgan fingerprint density at radius 1 is 0.579 bits per heavy atom. The van der Waals surface area contributed by atoms with Crippen LogP contribution in [-0.4, -0.2) is 100 Å². The van der Waals surface area contributed by atoms with Crippen LogP contribution in [0.3, 0.4) is 0 Å². The van der Waals surface area contributed by atoms with Gasteiger partial charge in [-0.05, 0) is 0 Å². The molecule has 0 radical (unpaired) electrons. The highest BCUT2D eigenvalue weighted by atomic mass is 28.2. The van der Waals surface area contributed by atoms with E-state index in [1.165, 1.54) is 0 Å². The molecule has 116 valence electrons. The zero-order chi connectivity index (χ0) is 14.3. The maximum atomic E-state index is 5.17. The first-order chi connectivity index (χ1) is 9.28. The molecule has 0 aliphatic carbocycles. The van der Waals surface area contributed by atoms with Crippen LogP contribution < -0.4 is 0 Å². The molecule has 7 heteroatoms. The maximum Gasteiger partial charge on any atom is 0.173 e. The summed E-state index contributed by atoms with van der Waals surface area (Å²) in [4.78, 5) is 0. The van der Waals surface area contributed by atoms with E-state index in [2.05, 4.69) is 9.13 Å². The van der Waals surface area contributed by atoms with E-state index >= 15 is 0 Å². The van der Waals surface area contributed by atoms with Gasteiger partial charge in [0.15, 0.2) is 9.84 Å². The number of nitrogens with zero attached hydrogens (tertiary/aromatic N) is 2. The molecule has 0 fully saturated rings. The molecule has 0 bridgehead atoms. The number of hydrogen-bond acceptors (Lipinski definition) is 6. The second-order valence-electron chi connectivity index (χ2n) is 4.35. The summed E-state index contributed by atoms with van der Waals surface area (Å²) in [6.07, 6.45) is 0. The quantitative estimate of drug-likeness (QED) is 0.390. The van der Waals surface area contributed by atoms with E-state index in [1.54, 1.807) is 28.4 Å². The molecule has 0 heterocycles. The number of rotatable bonds is 14. The lowest BCUT2D eigenvalue weighted by molar-refractivity contribution is 0.132. The van der Waals surface area contributed by atoms with Gasteiger partial charge < -0.3 is 28.1 Å². The molecule has 0 N–H and O–H groups in total. The van der Waals surface area contributed by atoms with Crippen molar-refractivity contribution < 1.29 is 18.9 Å². The number of ether oxygens (including phenoxy) is 4. The van der Waals surface area contributed by atoms with Gasteiger partial charge >= 0.3 is 0 Å². The molecule has 0 aromatic heterocycles. The van der Waals surface area contributed by atoms with Crippen LogP contribution in [-0.2, 0) is 18.9 Å². The van der Waals surface area contributed by atoms with Crippen LogP contribution in [0.5, 0.6) is 0 Å². The Kier molecular flexibility index (Phi) is 14.4. The fraction of sp³-hybridized carbons (Fsp3) is 1.00. The van der Waals surface area contributed by atoms with E-state index in [0.717, 1.165) is 52.6 Å². The Morgan fingerprint density at radius 2 is 0.842 bits per heavy atom. The van der Waals surface area contributed by atoms with E-state index in [4.69, 9.17) is 18.9 Å². The minimum Gasteiger partial charge on any atom is -0.383 e. The molecule has 0 aliphatic rings.